The average molecular weight is 348 g/mol. The van der Waals surface area contributed by atoms with Gasteiger partial charge in [-0.05, 0) is 72.8 Å². The first-order valence-corrected chi connectivity index (χ1v) is 9.23. The van der Waals surface area contributed by atoms with Crippen molar-refractivity contribution < 1.29 is 0 Å². The largest absolute Gasteiger partial charge is 0.354 e. The summed E-state index contributed by atoms with van der Waals surface area (Å²) in [6, 6.07) is 2.20. The molecule has 1 aromatic heterocycles. The quantitative estimate of drug-likeness (QED) is 0.745. The van der Waals surface area contributed by atoms with Crippen LogP contribution in [0.2, 0.25) is 0 Å². The molecule has 0 saturated heterocycles. The van der Waals surface area contributed by atoms with E-state index in [0.717, 1.165) is 34.8 Å². The minimum atomic E-state index is 0.144. The number of nitrogens with zero attached hydrogens (tertiary/aromatic N) is 1. The molecule has 3 nitrogen and oxygen atoms in total. The maximum absolute atomic E-state index is 5.97. The summed E-state index contributed by atoms with van der Waals surface area (Å²) < 4.78 is 0. The molecule has 1 aliphatic heterocycles. The van der Waals surface area contributed by atoms with Crippen molar-refractivity contribution in [1.29, 1.82) is 0 Å². The average Bonchev–Trinajstić information content (AvgIpc) is 2.58. The smallest absolute Gasteiger partial charge is 0.118 e. The van der Waals surface area contributed by atoms with Gasteiger partial charge in [0.05, 0.1) is 11.4 Å². The lowest BCUT2D eigenvalue weighted by Gasteiger charge is -2.41. The molecule has 0 spiro atoms. The maximum Gasteiger partial charge on any atom is 0.118 e. The molecule has 0 amide bonds. The summed E-state index contributed by atoms with van der Waals surface area (Å²) in [5.41, 5.74) is 16.1. The second-order valence-corrected chi connectivity index (χ2v) is 8.35. The standard InChI is InChI=1S/C23H29N3/c1-8-9-19-17(12-24)10-16-11-18(23(5,6)7)20-14(3)13(2)15(4)25-22(20)21(16)26-19/h10,18,25H,4,11-12,24H2,1-3,5-7H3. The lowest BCUT2D eigenvalue weighted by Crippen LogP contribution is -2.35. The molecule has 1 atom stereocenters. The van der Waals surface area contributed by atoms with Gasteiger partial charge >= 0.3 is 0 Å². The summed E-state index contributed by atoms with van der Waals surface area (Å²) in [4.78, 5) is 4.93. The van der Waals surface area contributed by atoms with Crippen LogP contribution in [0.15, 0.2) is 35.1 Å². The topological polar surface area (TPSA) is 50.9 Å². The number of hydrogen-bond acceptors (Lipinski definition) is 3. The van der Waals surface area contributed by atoms with Crippen molar-refractivity contribution in [3.8, 4) is 11.8 Å². The lowest BCUT2D eigenvalue weighted by atomic mass is 9.66. The van der Waals surface area contributed by atoms with Gasteiger partial charge in [-0.2, -0.15) is 0 Å². The van der Waals surface area contributed by atoms with Gasteiger partial charge in [0, 0.05) is 17.8 Å². The molecule has 136 valence electrons. The van der Waals surface area contributed by atoms with Crippen LogP contribution in [-0.2, 0) is 13.0 Å². The van der Waals surface area contributed by atoms with E-state index in [1.54, 1.807) is 0 Å². The molecule has 1 unspecified atom stereocenters. The molecular weight excluding hydrogens is 318 g/mol. The van der Waals surface area contributed by atoms with E-state index in [1.165, 1.54) is 22.3 Å². The highest BCUT2D eigenvalue weighted by Crippen LogP contribution is 2.47. The van der Waals surface area contributed by atoms with E-state index in [1.807, 2.05) is 6.92 Å². The third-order valence-electron chi connectivity index (χ3n) is 5.66. The Kier molecular flexibility index (Phi) is 4.58. The van der Waals surface area contributed by atoms with Crippen molar-refractivity contribution >= 4 is 5.70 Å². The fourth-order valence-electron chi connectivity index (χ4n) is 3.97. The number of rotatable bonds is 1. The normalized spacial score (nSPS) is 19.5. The first kappa shape index (κ1) is 18.5. The van der Waals surface area contributed by atoms with Crippen molar-refractivity contribution in [3.63, 3.8) is 0 Å². The van der Waals surface area contributed by atoms with E-state index in [2.05, 4.69) is 64.4 Å². The molecule has 0 bridgehead atoms. The molecule has 1 aliphatic carbocycles. The third-order valence-corrected chi connectivity index (χ3v) is 5.66. The zero-order valence-corrected chi connectivity index (χ0v) is 16.8. The van der Waals surface area contributed by atoms with Crippen LogP contribution < -0.4 is 11.1 Å². The highest BCUT2D eigenvalue weighted by Gasteiger charge is 2.38. The number of aromatic nitrogens is 1. The zero-order valence-electron chi connectivity index (χ0n) is 16.8. The first-order valence-electron chi connectivity index (χ1n) is 9.23. The Bertz CT molecular complexity index is 911. The zero-order chi connectivity index (χ0) is 19.2. The van der Waals surface area contributed by atoms with E-state index in [-0.39, 0.29) is 5.41 Å². The summed E-state index contributed by atoms with van der Waals surface area (Å²) in [7, 11) is 0. The van der Waals surface area contributed by atoms with Gasteiger partial charge in [0.15, 0.2) is 0 Å². The van der Waals surface area contributed by atoms with E-state index in [0.29, 0.717) is 12.5 Å². The number of pyridine rings is 1. The van der Waals surface area contributed by atoms with Gasteiger partial charge in [0.25, 0.3) is 0 Å². The predicted molar refractivity (Wildman–Crippen MR) is 109 cm³/mol. The second kappa shape index (κ2) is 6.45. The van der Waals surface area contributed by atoms with Gasteiger partial charge < -0.3 is 11.1 Å². The highest BCUT2D eigenvalue weighted by atomic mass is 15.0. The Morgan fingerprint density at radius 1 is 1.31 bits per heavy atom. The SMILES string of the molecule is C=C1NC2=C(C(C)=C1C)C(C(C)(C)C)Cc1cc(CN)c(C#CC)nc12. The summed E-state index contributed by atoms with van der Waals surface area (Å²) in [5, 5.41) is 3.55. The molecule has 26 heavy (non-hydrogen) atoms. The summed E-state index contributed by atoms with van der Waals surface area (Å²) in [6.45, 7) is 17.8. The van der Waals surface area contributed by atoms with Gasteiger partial charge in [-0.25, -0.2) is 4.98 Å². The molecule has 0 fully saturated rings. The number of fused-ring (bicyclic) bond motifs is 2. The van der Waals surface area contributed by atoms with Crippen LogP contribution in [-0.4, -0.2) is 4.98 Å². The number of nitrogens with one attached hydrogen (secondary N) is 1. The van der Waals surface area contributed by atoms with Crippen molar-refractivity contribution in [2.75, 3.05) is 0 Å². The molecular formula is C23H29N3. The van der Waals surface area contributed by atoms with E-state index in [9.17, 15) is 0 Å². The van der Waals surface area contributed by atoms with Gasteiger partial charge in [0.2, 0.25) is 0 Å². The van der Waals surface area contributed by atoms with Crippen LogP contribution in [0.4, 0.5) is 0 Å². The molecule has 0 saturated carbocycles. The Balaban J connectivity index is 2.33. The summed E-state index contributed by atoms with van der Waals surface area (Å²) in [5.74, 6) is 6.50. The Hall–Kier alpha value is -2.31. The van der Waals surface area contributed by atoms with Crippen LogP contribution >= 0.6 is 0 Å². The Labute approximate surface area is 157 Å². The van der Waals surface area contributed by atoms with Gasteiger partial charge in [-0.15, -0.1) is 0 Å². The van der Waals surface area contributed by atoms with Gasteiger partial charge in [-0.3, -0.25) is 0 Å². The maximum atomic E-state index is 5.97. The lowest BCUT2D eigenvalue weighted by molar-refractivity contribution is 0.276. The van der Waals surface area contributed by atoms with Gasteiger partial charge in [-0.1, -0.05) is 33.3 Å². The van der Waals surface area contributed by atoms with Crippen molar-refractivity contribution in [2.45, 2.75) is 54.5 Å². The monoisotopic (exact) mass is 347 g/mol. The Morgan fingerprint density at radius 3 is 2.58 bits per heavy atom. The predicted octanol–water partition coefficient (Wildman–Crippen LogP) is 4.29. The second-order valence-electron chi connectivity index (χ2n) is 8.35. The van der Waals surface area contributed by atoms with E-state index in [4.69, 9.17) is 10.7 Å². The molecule has 1 aromatic rings. The van der Waals surface area contributed by atoms with E-state index >= 15 is 0 Å². The molecule has 0 aromatic carbocycles. The van der Waals surface area contributed by atoms with Crippen LogP contribution in [0.3, 0.4) is 0 Å². The third kappa shape index (κ3) is 2.89. The van der Waals surface area contributed by atoms with Crippen LogP contribution in [0.1, 0.15) is 64.1 Å². The van der Waals surface area contributed by atoms with Crippen LogP contribution in [0.5, 0.6) is 0 Å². The molecule has 0 radical (unpaired) electrons. The van der Waals surface area contributed by atoms with Crippen molar-refractivity contribution in [2.24, 2.45) is 17.1 Å². The minimum absolute atomic E-state index is 0.144. The Morgan fingerprint density at radius 2 is 2.00 bits per heavy atom. The molecule has 2 aliphatic rings. The van der Waals surface area contributed by atoms with Crippen LogP contribution in [0.25, 0.3) is 5.70 Å². The fraction of sp³-hybridized carbons (Fsp3) is 0.435. The van der Waals surface area contributed by atoms with Crippen molar-refractivity contribution in [3.05, 3.63) is 57.6 Å². The number of dihydropyridines is 1. The van der Waals surface area contributed by atoms with Crippen LogP contribution in [0, 0.1) is 23.2 Å². The number of hydrogen-bond donors (Lipinski definition) is 2. The molecule has 3 rings (SSSR count). The number of nitrogens with two attached hydrogens (primary N) is 1. The summed E-state index contributed by atoms with van der Waals surface area (Å²) in [6.07, 6.45) is 0.969. The fourth-order valence-corrected chi connectivity index (χ4v) is 3.97. The van der Waals surface area contributed by atoms with Gasteiger partial charge in [0.1, 0.15) is 5.69 Å². The number of allylic oxidation sites excluding steroid dienone is 3. The van der Waals surface area contributed by atoms with E-state index < -0.39 is 0 Å². The molecule has 3 heteroatoms. The van der Waals surface area contributed by atoms with Crippen molar-refractivity contribution in [1.82, 2.24) is 10.3 Å². The highest BCUT2D eigenvalue weighted by molar-refractivity contribution is 5.79. The molecule has 3 N–H and O–H groups in total. The molecule has 2 heterocycles. The summed E-state index contributed by atoms with van der Waals surface area (Å²) >= 11 is 0. The minimum Gasteiger partial charge on any atom is -0.354 e. The first-order chi connectivity index (χ1) is 12.2.